The lowest BCUT2D eigenvalue weighted by Gasteiger charge is -2.31. The number of nitrogens with one attached hydrogen (secondary N) is 1. The van der Waals surface area contributed by atoms with Crippen molar-refractivity contribution in [3.05, 3.63) is 35.9 Å². The fraction of sp³-hybridized carbons (Fsp3) is 0.571. The van der Waals surface area contributed by atoms with Gasteiger partial charge in [-0.1, -0.05) is 51.1 Å². The monoisotopic (exact) mass is 435 g/mol. The molecule has 2 fully saturated rings. The van der Waals surface area contributed by atoms with Crippen LogP contribution in [-0.2, 0) is 25.0 Å². The van der Waals surface area contributed by atoms with Gasteiger partial charge in [-0.3, -0.25) is 14.5 Å². The molecule has 0 aliphatic carbocycles. The molecule has 8 nitrogen and oxygen atoms in total. The fourth-order valence-electron chi connectivity index (χ4n) is 4.23. The highest BCUT2D eigenvalue weighted by Crippen LogP contribution is 2.32. The lowest BCUT2D eigenvalue weighted by molar-refractivity contribution is -0.140. The Kier molecular flexibility index (Phi) is 6.21. The molecule has 164 valence electrons. The normalized spacial score (nSPS) is 25.6. The van der Waals surface area contributed by atoms with E-state index in [2.05, 4.69) is 5.32 Å². The highest BCUT2D eigenvalue weighted by atomic mass is 32.2. The number of imide groups is 1. The van der Waals surface area contributed by atoms with E-state index in [4.69, 9.17) is 0 Å². The van der Waals surface area contributed by atoms with Crippen LogP contribution >= 0.6 is 0 Å². The molecule has 30 heavy (non-hydrogen) atoms. The molecule has 3 rings (SSSR count). The summed E-state index contributed by atoms with van der Waals surface area (Å²) in [6, 6.07) is 7.95. The molecule has 0 radical (unpaired) electrons. The number of hydrogen-bond acceptors (Lipinski definition) is 5. The number of benzene rings is 1. The molecule has 0 aromatic heterocycles. The summed E-state index contributed by atoms with van der Waals surface area (Å²) in [6.45, 7) is 5.66. The van der Waals surface area contributed by atoms with Crippen molar-refractivity contribution in [3.8, 4) is 0 Å². The lowest BCUT2D eigenvalue weighted by atomic mass is 9.87. The predicted molar refractivity (Wildman–Crippen MR) is 112 cm³/mol. The second kappa shape index (κ2) is 8.37. The Morgan fingerprint density at radius 1 is 1.27 bits per heavy atom. The van der Waals surface area contributed by atoms with Crippen LogP contribution in [-0.4, -0.2) is 66.7 Å². The molecule has 1 aromatic rings. The van der Waals surface area contributed by atoms with E-state index in [0.717, 1.165) is 4.90 Å². The fourth-order valence-corrected chi connectivity index (χ4v) is 5.96. The quantitative estimate of drug-likeness (QED) is 0.654. The smallest absolute Gasteiger partial charge is 0.325 e. The molecule has 0 saturated carbocycles. The topological polar surface area (TPSA) is 104 Å². The van der Waals surface area contributed by atoms with E-state index in [-0.39, 0.29) is 17.4 Å². The third kappa shape index (κ3) is 4.21. The number of rotatable bonds is 7. The average Bonchev–Trinajstić information content (AvgIpc) is 3.18. The highest BCUT2D eigenvalue weighted by molar-refractivity contribution is 7.91. The summed E-state index contributed by atoms with van der Waals surface area (Å²) in [5, 5.41) is 2.77. The minimum absolute atomic E-state index is 0.0512. The van der Waals surface area contributed by atoms with E-state index in [9.17, 15) is 22.8 Å². The first-order chi connectivity index (χ1) is 14.1. The second-order valence-electron chi connectivity index (χ2n) is 8.44. The van der Waals surface area contributed by atoms with Crippen molar-refractivity contribution in [3.63, 3.8) is 0 Å². The van der Waals surface area contributed by atoms with E-state index in [1.54, 1.807) is 24.3 Å². The summed E-state index contributed by atoms with van der Waals surface area (Å²) >= 11 is 0. The van der Waals surface area contributed by atoms with Gasteiger partial charge >= 0.3 is 6.03 Å². The molecule has 2 atom stereocenters. The summed E-state index contributed by atoms with van der Waals surface area (Å²) < 4.78 is 23.8. The van der Waals surface area contributed by atoms with Crippen LogP contribution in [0.15, 0.2) is 30.3 Å². The summed E-state index contributed by atoms with van der Waals surface area (Å²) in [4.78, 5) is 41.5. The SMILES string of the molecule is CCC1(c2ccccc2)NC(=O)N(CC(=O)N(CC(C)C)C2CCS(=O)(=O)C2)C1=O. The van der Waals surface area contributed by atoms with Crippen LogP contribution < -0.4 is 5.32 Å². The lowest BCUT2D eigenvalue weighted by Crippen LogP contribution is -2.49. The molecule has 2 saturated heterocycles. The summed E-state index contributed by atoms with van der Waals surface area (Å²) in [6.07, 6.45) is 0.729. The van der Waals surface area contributed by atoms with Crippen molar-refractivity contribution >= 4 is 27.7 Å². The predicted octanol–water partition coefficient (Wildman–Crippen LogP) is 1.52. The van der Waals surface area contributed by atoms with Crippen LogP contribution in [0.25, 0.3) is 0 Å². The molecule has 9 heteroatoms. The Morgan fingerprint density at radius 2 is 1.93 bits per heavy atom. The molecule has 2 aliphatic rings. The largest absolute Gasteiger partial charge is 0.337 e. The van der Waals surface area contributed by atoms with Crippen LogP contribution in [0.5, 0.6) is 0 Å². The van der Waals surface area contributed by atoms with Crippen molar-refractivity contribution in [2.45, 2.75) is 45.2 Å². The number of carbonyl (C=O) groups excluding carboxylic acids is 3. The van der Waals surface area contributed by atoms with Crippen LogP contribution in [0.3, 0.4) is 0 Å². The van der Waals surface area contributed by atoms with Gasteiger partial charge in [-0.2, -0.15) is 0 Å². The van der Waals surface area contributed by atoms with Gasteiger partial charge in [0.05, 0.1) is 11.5 Å². The van der Waals surface area contributed by atoms with Crippen molar-refractivity contribution in [2.24, 2.45) is 5.92 Å². The maximum Gasteiger partial charge on any atom is 0.325 e. The molecular weight excluding hydrogens is 406 g/mol. The van der Waals surface area contributed by atoms with E-state index in [1.807, 2.05) is 26.8 Å². The van der Waals surface area contributed by atoms with Gasteiger partial charge in [0, 0.05) is 12.6 Å². The maximum absolute atomic E-state index is 13.3. The summed E-state index contributed by atoms with van der Waals surface area (Å²) in [7, 11) is -3.17. The van der Waals surface area contributed by atoms with E-state index >= 15 is 0 Å². The molecule has 2 unspecified atom stereocenters. The zero-order chi connectivity index (χ0) is 22.1. The molecule has 1 N–H and O–H groups in total. The Morgan fingerprint density at radius 3 is 2.47 bits per heavy atom. The van der Waals surface area contributed by atoms with Crippen LogP contribution in [0.4, 0.5) is 4.79 Å². The minimum atomic E-state index is -3.17. The third-order valence-electron chi connectivity index (χ3n) is 5.80. The molecule has 4 amide bonds. The van der Waals surface area contributed by atoms with E-state index < -0.39 is 45.8 Å². The third-order valence-corrected chi connectivity index (χ3v) is 7.55. The van der Waals surface area contributed by atoms with Crippen molar-refractivity contribution < 1.29 is 22.8 Å². The number of hydrogen-bond donors (Lipinski definition) is 1. The zero-order valence-electron chi connectivity index (χ0n) is 17.6. The van der Waals surface area contributed by atoms with Gasteiger partial charge in [0.25, 0.3) is 5.91 Å². The molecule has 2 heterocycles. The van der Waals surface area contributed by atoms with Crippen molar-refractivity contribution in [2.75, 3.05) is 24.6 Å². The van der Waals surface area contributed by atoms with Crippen LogP contribution in [0.2, 0.25) is 0 Å². The van der Waals surface area contributed by atoms with Gasteiger partial charge in [0.15, 0.2) is 9.84 Å². The second-order valence-corrected chi connectivity index (χ2v) is 10.7. The zero-order valence-corrected chi connectivity index (χ0v) is 18.4. The number of urea groups is 1. The molecule has 0 bridgehead atoms. The first-order valence-electron chi connectivity index (χ1n) is 10.3. The van der Waals surface area contributed by atoms with Gasteiger partial charge in [0.1, 0.15) is 12.1 Å². The summed E-state index contributed by atoms with van der Waals surface area (Å²) in [5.74, 6) is -0.767. The first kappa shape index (κ1) is 22.3. The van der Waals surface area contributed by atoms with Gasteiger partial charge in [0.2, 0.25) is 5.91 Å². The van der Waals surface area contributed by atoms with Crippen LogP contribution in [0, 0.1) is 5.92 Å². The molecular formula is C21H29N3O5S. The Bertz CT molecular complexity index is 931. The molecule has 0 spiro atoms. The van der Waals surface area contributed by atoms with E-state index in [0.29, 0.717) is 24.9 Å². The average molecular weight is 436 g/mol. The Labute approximate surface area is 177 Å². The number of carbonyl (C=O) groups is 3. The highest BCUT2D eigenvalue weighted by Gasteiger charge is 2.52. The standard InChI is InChI=1S/C21H29N3O5S/c1-4-21(16-8-6-5-7-9-16)19(26)24(20(27)22-21)13-18(25)23(12-15(2)3)17-10-11-30(28,29)14-17/h5-9,15,17H,4,10-14H2,1-3H3,(H,22,27). The van der Waals surface area contributed by atoms with Gasteiger partial charge in [-0.05, 0) is 24.3 Å². The Hall–Kier alpha value is -2.42. The maximum atomic E-state index is 13.3. The van der Waals surface area contributed by atoms with Gasteiger partial charge < -0.3 is 10.2 Å². The molecule has 1 aromatic carbocycles. The number of amides is 4. The summed E-state index contributed by atoms with van der Waals surface area (Å²) in [5.41, 5.74) is -0.528. The van der Waals surface area contributed by atoms with E-state index in [1.165, 1.54) is 4.90 Å². The number of sulfone groups is 1. The molecule has 2 aliphatic heterocycles. The van der Waals surface area contributed by atoms with Crippen molar-refractivity contribution in [1.29, 1.82) is 0 Å². The van der Waals surface area contributed by atoms with Gasteiger partial charge in [-0.25, -0.2) is 13.2 Å². The first-order valence-corrected chi connectivity index (χ1v) is 12.1. The number of nitrogens with zero attached hydrogens (tertiary/aromatic N) is 2. The van der Waals surface area contributed by atoms with Crippen molar-refractivity contribution in [1.82, 2.24) is 15.1 Å². The van der Waals surface area contributed by atoms with Gasteiger partial charge in [-0.15, -0.1) is 0 Å². The minimum Gasteiger partial charge on any atom is -0.337 e. The Balaban J connectivity index is 1.82. The van der Waals surface area contributed by atoms with Crippen LogP contribution in [0.1, 0.15) is 39.2 Å².